The lowest BCUT2D eigenvalue weighted by Gasteiger charge is -2.13. The molecule has 1 aromatic rings. The molecule has 0 spiro atoms. The van der Waals surface area contributed by atoms with Crippen molar-refractivity contribution in [2.24, 2.45) is 10.9 Å². The Labute approximate surface area is 129 Å². The molecule has 0 heterocycles. The van der Waals surface area contributed by atoms with Crippen LogP contribution in [-0.4, -0.2) is 32.7 Å². The van der Waals surface area contributed by atoms with Gasteiger partial charge in [0, 0.05) is 19.6 Å². The van der Waals surface area contributed by atoms with E-state index >= 15 is 0 Å². The van der Waals surface area contributed by atoms with Gasteiger partial charge in [0.15, 0.2) is 5.96 Å². The minimum absolute atomic E-state index is 0.685. The van der Waals surface area contributed by atoms with E-state index in [1.165, 1.54) is 5.56 Å². The highest BCUT2D eigenvalue weighted by Crippen LogP contribution is 2.17. The molecule has 0 aliphatic heterocycles. The zero-order chi connectivity index (χ0) is 15.5. The highest BCUT2D eigenvalue weighted by molar-refractivity contribution is 5.79. The Morgan fingerprint density at radius 3 is 2.67 bits per heavy atom. The molecule has 0 unspecified atom stereocenters. The summed E-state index contributed by atoms with van der Waals surface area (Å²) < 4.78 is 5.37. The SMILES string of the molecule is CCNC(=NCCC(C)C)NCCc1ccccc1OC. The fraction of sp³-hybridized carbons (Fsp3) is 0.588. The fourth-order valence-electron chi connectivity index (χ4n) is 2.00. The third kappa shape index (κ3) is 7.02. The van der Waals surface area contributed by atoms with Crippen LogP contribution in [0, 0.1) is 5.92 Å². The van der Waals surface area contributed by atoms with Gasteiger partial charge in [0.05, 0.1) is 7.11 Å². The van der Waals surface area contributed by atoms with Crippen molar-refractivity contribution >= 4 is 5.96 Å². The Kier molecular flexibility index (Phi) is 8.32. The minimum atomic E-state index is 0.685. The molecule has 0 aliphatic rings. The van der Waals surface area contributed by atoms with Gasteiger partial charge in [0.2, 0.25) is 0 Å². The van der Waals surface area contributed by atoms with Gasteiger partial charge in [-0.1, -0.05) is 32.0 Å². The van der Waals surface area contributed by atoms with E-state index in [9.17, 15) is 0 Å². The molecule has 4 nitrogen and oxygen atoms in total. The van der Waals surface area contributed by atoms with Crippen LogP contribution in [0.15, 0.2) is 29.3 Å². The first-order valence-electron chi connectivity index (χ1n) is 7.81. The molecular formula is C17H29N3O. The van der Waals surface area contributed by atoms with Crippen LogP contribution in [0.5, 0.6) is 5.75 Å². The van der Waals surface area contributed by atoms with Gasteiger partial charge in [-0.05, 0) is 37.3 Å². The second-order valence-corrected chi connectivity index (χ2v) is 5.43. The van der Waals surface area contributed by atoms with Gasteiger partial charge in [-0.25, -0.2) is 0 Å². The van der Waals surface area contributed by atoms with Gasteiger partial charge in [-0.15, -0.1) is 0 Å². The van der Waals surface area contributed by atoms with Crippen LogP contribution in [0.2, 0.25) is 0 Å². The van der Waals surface area contributed by atoms with Crippen molar-refractivity contribution in [2.45, 2.75) is 33.6 Å². The summed E-state index contributed by atoms with van der Waals surface area (Å²) in [6, 6.07) is 8.13. The molecule has 0 saturated carbocycles. The lowest BCUT2D eigenvalue weighted by Crippen LogP contribution is -2.38. The van der Waals surface area contributed by atoms with Gasteiger partial charge >= 0.3 is 0 Å². The first-order chi connectivity index (χ1) is 10.2. The highest BCUT2D eigenvalue weighted by atomic mass is 16.5. The van der Waals surface area contributed by atoms with Crippen LogP contribution in [0.1, 0.15) is 32.8 Å². The molecule has 21 heavy (non-hydrogen) atoms. The average Bonchev–Trinajstić information content (AvgIpc) is 2.47. The highest BCUT2D eigenvalue weighted by Gasteiger charge is 2.02. The van der Waals surface area contributed by atoms with Crippen LogP contribution < -0.4 is 15.4 Å². The van der Waals surface area contributed by atoms with Crippen LogP contribution >= 0.6 is 0 Å². The minimum Gasteiger partial charge on any atom is -0.496 e. The van der Waals surface area contributed by atoms with Crippen LogP contribution in [0.3, 0.4) is 0 Å². The van der Waals surface area contributed by atoms with E-state index in [0.29, 0.717) is 5.92 Å². The fourth-order valence-corrected chi connectivity index (χ4v) is 2.00. The van der Waals surface area contributed by atoms with Crippen molar-refractivity contribution in [3.63, 3.8) is 0 Å². The molecule has 0 aliphatic carbocycles. The largest absolute Gasteiger partial charge is 0.496 e. The normalized spacial score (nSPS) is 11.6. The van der Waals surface area contributed by atoms with E-state index in [4.69, 9.17) is 4.74 Å². The number of methoxy groups -OCH3 is 1. The topological polar surface area (TPSA) is 45.7 Å². The van der Waals surface area contributed by atoms with E-state index in [1.807, 2.05) is 18.2 Å². The van der Waals surface area contributed by atoms with E-state index < -0.39 is 0 Å². The van der Waals surface area contributed by atoms with Crippen LogP contribution in [0.25, 0.3) is 0 Å². The van der Waals surface area contributed by atoms with Crippen LogP contribution in [0.4, 0.5) is 0 Å². The van der Waals surface area contributed by atoms with E-state index in [2.05, 4.69) is 42.5 Å². The summed E-state index contributed by atoms with van der Waals surface area (Å²) in [5.41, 5.74) is 1.21. The number of nitrogens with zero attached hydrogens (tertiary/aromatic N) is 1. The van der Waals surface area contributed by atoms with E-state index in [0.717, 1.165) is 44.2 Å². The Morgan fingerprint density at radius 1 is 1.24 bits per heavy atom. The molecule has 2 N–H and O–H groups in total. The predicted molar refractivity (Wildman–Crippen MR) is 90.1 cm³/mol. The summed E-state index contributed by atoms with van der Waals surface area (Å²) in [6.07, 6.45) is 2.03. The molecule has 118 valence electrons. The molecule has 0 fully saturated rings. The smallest absolute Gasteiger partial charge is 0.191 e. The summed E-state index contributed by atoms with van der Waals surface area (Å²) in [5, 5.41) is 6.66. The Bertz CT molecular complexity index is 430. The zero-order valence-electron chi connectivity index (χ0n) is 13.8. The maximum absolute atomic E-state index is 5.37. The molecule has 0 bridgehead atoms. The van der Waals surface area contributed by atoms with E-state index in [1.54, 1.807) is 7.11 Å². The summed E-state index contributed by atoms with van der Waals surface area (Å²) in [6.45, 7) is 9.10. The maximum Gasteiger partial charge on any atom is 0.191 e. The first-order valence-corrected chi connectivity index (χ1v) is 7.81. The number of benzene rings is 1. The molecule has 0 radical (unpaired) electrons. The van der Waals surface area contributed by atoms with Crippen molar-refractivity contribution in [1.82, 2.24) is 10.6 Å². The van der Waals surface area contributed by atoms with Gasteiger partial charge in [-0.2, -0.15) is 0 Å². The number of hydrogen-bond donors (Lipinski definition) is 2. The third-order valence-electron chi connectivity index (χ3n) is 3.20. The average molecular weight is 291 g/mol. The van der Waals surface area contributed by atoms with Gasteiger partial charge in [-0.3, -0.25) is 4.99 Å². The lowest BCUT2D eigenvalue weighted by atomic mass is 10.1. The molecule has 1 aromatic carbocycles. The van der Waals surface area contributed by atoms with Gasteiger partial charge in [0.1, 0.15) is 5.75 Å². The maximum atomic E-state index is 5.37. The third-order valence-corrected chi connectivity index (χ3v) is 3.20. The summed E-state index contributed by atoms with van der Waals surface area (Å²) in [7, 11) is 1.71. The standard InChI is InChI=1S/C17H29N3O/c1-5-18-17(19-12-10-14(2)3)20-13-11-15-8-6-7-9-16(15)21-4/h6-9,14H,5,10-13H2,1-4H3,(H2,18,19,20). The van der Waals surface area contributed by atoms with Crippen LogP contribution in [-0.2, 0) is 6.42 Å². The molecule has 0 saturated heterocycles. The Hall–Kier alpha value is -1.71. The van der Waals surface area contributed by atoms with Crippen molar-refractivity contribution in [2.75, 3.05) is 26.7 Å². The van der Waals surface area contributed by atoms with Crippen molar-refractivity contribution in [1.29, 1.82) is 0 Å². The number of guanidine groups is 1. The number of hydrogen-bond acceptors (Lipinski definition) is 2. The number of nitrogens with one attached hydrogen (secondary N) is 2. The number of aliphatic imine (C=N–C) groups is 1. The monoisotopic (exact) mass is 291 g/mol. The molecule has 0 aromatic heterocycles. The molecular weight excluding hydrogens is 262 g/mol. The Morgan fingerprint density at radius 2 is 2.00 bits per heavy atom. The molecule has 0 amide bonds. The van der Waals surface area contributed by atoms with E-state index in [-0.39, 0.29) is 0 Å². The number of ether oxygens (including phenoxy) is 1. The van der Waals surface area contributed by atoms with Crippen molar-refractivity contribution < 1.29 is 4.74 Å². The van der Waals surface area contributed by atoms with Crippen molar-refractivity contribution in [3.05, 3.63) is 29.8 Å². The quantitative estimate of drug-likeness (QED) is 0.572. The summed E-state index contributed by atoms with van der Waals surface area (Å²) in [5.74, 6) is 2.53. The lowest BCUT2D eigenvalue weighted by molar-refractivity contribution is 0.409. The summed E-state index contributed by atoms with van der Waals surface area (Å²) in [4.78, 5) is 4.59. The van der Waals surface area contributed by atoms with Crippen molar-refractivity contribution in [3.8, 4) is 5.75 Å². The molecule has 4 heteroatoms. The van der Waals surface area contributed by atoms with Gasteiger partial charge in [0.25, 0.3) is 0 Å². The first kappa shape index (κ1) is 17.3. The Balaban J connectivity index is 2.45. The number of rotatable bonds is 8. The van der Waals surface area contributed by atoms with Gasteiger partial charge < -0.3 is 15.4 Å². The summed E-state index contributed by atoms with van der Waals surface area (Å²) >= 11 is 0. The number of para-hydroxylation sites is 1. The molecule has 1 rings (SSSR count). The molecule has 0 atom stereocenters. The second kappa shape index (κ2) is 10.1. The predicted octanol–water partition coefficient (Wildman–Crippen LogP) is 2.84. The zero-order valence-corrected chi connectivity index (χ0v) is 13.8. The second-order valence-electron chi connectivity index (χ2n) is 5.43.